The largest absolute Gasteiger partial charge is 0.508 e. The average molecular weight is 247 g/mol. The Balaban J connectivity index is 2.16. The van der Waals surface area contributed by atoms with Gasteiger partial charge in [-0.1, -0.05) is 26.8 Å². The van der Waals surface area contributed by atoms with Gasteiger partial charge in [0.2, 0.25) is 0 Å². The van der Waals surface area contributed by atoms with Crippen LogP contribution < -0.4 is 5.32 Å². The minimum atomic E-state index is 0.327. The first kappa shape index (κ1) is 13.4. The molecule has 0 spiro atoms. The smallest absolute Gasteiger partial charge is 0.120 e. The van der Waals surface area contributed by atoms with Gasteiger partial charge in [-0.3, -0.25) is 0 Å². The molecule has 2 nitrogen and oxygen atoms in total. The van der Waals surface area contributed by atoms with Crippen LogP contribution in [0.3, 0.4) is 0 Å². The Morgan fingerprint density at radius 3 is 2.72 bits per heavy atom. The van der Waals surface area contributed by atoms with Gasteiger partial charge < -0.3 is 10.4 Å². The highest BCUT2D eigenvalue weighted by Crippen LogP contribution is 2.45. The summed E-state index contributed by atoms with van der Waals surface area (Å²) in [7, 11) is 0. The fourth-order valence-corrected chi connectivity index (χ4v) is 3.08. The van der Waals surface area contributed by atoms with Crippen molar-refractivity contribution in [3.05, 3.63) is 28.8 Å². The van der Waals surface area contributed by atoms with E-state index in [-0.39, 0.29) is 0 Å². The van der Waals surface area contributed by atoms with Crippen LogP contribution in [0.25, 0.3) is 0 Å². The molecule has 2 rings (SSSR count). The van der Waals surface area contributed by atoms with E-state index in [4.69, 9.17) is 0 Å². The van der Waals surface area contributed by atoms with Crippen molar-refractivity contribution in [2.75, 3.05) is 6.54 Å². The first-order valence-corrected chi connectivity index (χ1v) is 7.06. The summed E-state index contributed by atoms with van der Waals surface area (Å²) in [6.45, 7) is 9.92. The van der Waals surface area contributed by atoms with Gasteiger partial charge in [-0.2, -0.15) is 0 Å². The Morgan fingerprint density at radius 1 is 1.33 bits per heavy atom. The van der Waals surface area contributed by atoms with Gasteiger partial charge in [0.25, 0.3) is 0 Å². The third kappa shape index (κ3) is 2.54. The lowest BCUT2D eigenvalue weighted by Gasteiger charge is -2.16. The highest BCUT2D eigenvalue weighted by Gasteiger charge is 2.31. The molecular weight excluding hydrogens is 222 g/mol. The number of benzene rings is 1. The summed E-state index contributed by atoms with van der Waals surface area (Å²) in [5, 5.41) is 13.7. The number of phenolic OH excluding ortho intramolecular Hbond substituents is 1. The van der Waals surface area contributed by atoms with Gasteiger partial charge in [0.05, 0.1) is 0 Å². The molecule has 2 N–H and O–H groups in total. The SMILES string of the molecule is Cc1ccc(O)c2c1C(C)CC2NCCC(C)C. The number of nitrogens with one attached hydrogen (secondary N) is 1. The van der Waals surface area contributed by atoms with E-state index in [0.29, 0.717) is 17.7 Å². The lowest BCUT2D eigenvalue weighted by Crippen LogP contribution is -2.21. The quantitative estimate of drug-likeness (QED) is 0.846. The Labute approximate surface area is 110 Å². The number of fused-ring (bicyclic) bond motifs is 1. The van der Waals surface area contributed by atoms with Crippen molar-refractivity contribution >= 4 is 0 Å². The van der Waals surface area contributed by atoms with Crippen molar-refractivity contribution in [2.24, 2.45) is 5.92 Å². The third-order valence-electron chi connectivity index (χ3n) is 4.03. The zero-order valence-electron chi connectivity index (χ0n) is 12.0. The van der Waals surface area contributed by atoms with E-state index in [1.807, 2.05) is 12.1 Å². The van der Waals surface area contributed by atoms with Crippen molar-refractivity contribution in [2.45, 2.75) is 52.5 Å². The number of aryl methyl sites for hydroxylation is 1. The van der Waals surface area contributed by atoms with Crippen LogP contribution in [-0.2, 0) is 0 Å². The second-order valence-corrected chi connectivity index (χ2v) is 6.05. The summed E-state index contributed by atoms with van der Waals surface area (Å²) in [5.41, 5.74) is 3.81. The maximum Gasteiger partial charge on any atom is 0.120 e. The summed E-state index contributed by atoms with van der Waals surface area (Å²) in [6, 6.07) is 4.19. The van der Waals surface area contributed by atoms with Crippen molar-refractivity contribution in [1.82, 2.24) is 5.32 Å². The molecule has 0 saturated carbocycles. The van der Waals surface area contributed by atoms with Gasteiger partial charge in [0.15, 0.2) is 0 Å². The number of aromatic hydroxyl groups is 1. The first-order valence-electron chi connectivity index (χ1n) is 7.06. The maximum absolute atomic E-state index is 10.1. The molecule has 0 bridgehead atoms. The zero-order valence-corrected chi connectivity index (χ0v) is 12.0. The van der Waals surface area contributed by atoms with Crippen LogP contribution in [0.2, 0.25) is 0 Å². The van der Waals surface area contributed by atoms with E-state index in [0.717, 1.165) is 24.4 Å². The van der Waals surface area contributed by atoms with Crippen LogP contribution in [0.1, 0.15) is 62.3 Å². The van der Waals surface area contributed by atoms with E-state index in [1.165, 1.54) is 17.5 Å². The Bertz CT molecular complexity index is 425. The van der Waals surface area contributed by atoms with Crippen molar-refractivity contribution in [3.63, 3.8) is 0 Å². The van der Waals surface area contributed by atoms with Crippen LogP contribution in [-0.4, -0.2) is 11.7 Å². The Morgan fingerprint density at radius 2 is 2.06 bits per heavy atom. The molecule has 0 radical (unpaired) electrons. The van der Waals surface area contributed by atoms with Crippen LogP contribution in [0.4, 0.5) is 0 Å². The molecule has 18 heavy (non-hydrogen) atoms. The minimum absolute atomic E-state index is 0.327. The molecule has 1 aliphatic rings. The van der Waals surface area contributed by atoms with E-state index in [9.17, 15) is 5.11 Å². The maximum atomic E-state index is 10.1. The minimum Gasteiger partial charge on any atom is -0.508 e. The Hall–Kier alpha value is -1.02. The van der Waals surface area contributed by atoms with Crippen LogP contribution in [0.5, 0.6) is 5.75 Å². The molecule has 1 aromatic rings. The molecular formula is C16H25NO. The van der Waals surface area contributed by atoms with E-state index in [1.54, 1.807) is 0 Å². The summed E-state index contributed by atoms with van der Waals surface area (Å²) in [5.74, 6) is 1.73. The second kappa shape index (κ2) is 5.31. The molecule has 0 amide bonds. The summed E-state index contributed by atoms with van der Waals surface area (Å²) >= 11 is 0. The molecule has 100 valence electrons. The molecule has 2 heteroatoms. The molecule has 2 unspecified atom stereocenters. The third-order valence-corrected chi connectivity index (χ3v) is 4.03. The van der Waals surface area contributed by atoms with Gasteiger partial charge in [-0.05, 0) is 55.3 Å². The summed E-state index contributed by atoms with van der Waals surface area (Å²) in [6.07, 6.45) is 2.29. The number of phenols is 1. The Kier molecular flexibility index (Phi) is 3.96. The normalized spacial score (nSPS) is 22.5. The molecule has 1 aromatic carbocycles. The highest BCUT2D eigenvalue weighted by molar-refractivity contribution is 5.50. The molecule has 0 aliphatic heterocycles. The van der Waals surface area contributed by atoms with Crippen molar-refractivity contribution in [3.8, 4) is 5.75 Å². The van der Waals surface area contributed by atoms with E-state index in [2.05, 4.69) is 33.0 Å². The van der Waals surface area contributed by atoms with E-state index < -0.39 is 0 Å². The number of rotatable bonds is 4. The van der Waals surface area contributed by atoms with Crippen LogP contribution in [0.15, 0.2) is 12.1 Å². The monoisotopic (exact) mass is 247 g/mol. The average Bonchev–Trinajstić information content (AvgIpc) is 2.62. The van der Waals surface area contributed by atoms with Gasteiger partial charge in [0, 0.05) is 11.6 Å². The van der Waals surface area contributed by atoms with Gasteiger partial charge in [-0.25, -0.2) is 0 Å². The highest BCUT2D eigenvalue weighted by atomic mass is 16.3. The number of hydrogen-bond donors (Lipinski definition) is 2. The van der Waals surface area contributed by atoms with Crippen LogP contribution in [0, 0.1) is 12.8 Å². The molecule has 0 saturated heterocycles. The number of hydrogen-bond acceptors (Lipinski definition) is 2. The molecule has 0 fully saturated rings. The second-order valence-electron chi connectivity index (χ2n) is 6.05. The topological polar surface area (TPSA) is 32.3 Å². The first-order chi connectivity index (χ1) is 8.50. The lowest BCUT2D eigenvalue weighted by molar-refractivity contribution is 0.434. The van der Waals surface area contributed by atoms with Gasteiger partial charge in [-0.15, -0.1) is 0 Å². The predicted molar refractivity (Wildman–Crippen MR) is 76.1 cm³/mol. The standard InChI is InChI=1S/C16H25NO/c1-10(2)7-8-17-13-9-12(4)15-11(3)5-6-14(18)16(13)15/h5-6,10,12-13,17-18H,7-9H2,1-4H3. The van der Waals surface area contributed by atoms with Gasteiger partial charge >= 0.3 is 0 Å². The fraction of sp³-hybridized carbons (Fsp3) is 0.625. The summed E-state index contributed by atoms with van der Waals surface area (Å²) < 4.78 is 0. The molecule has 1 aliphatic carbocycles. The molecule has 2 atom stereocenters. The van der Waals surface area contributed by atoms with Crippen LogP contribution >= 0.6 is 0 Å². The summed E-state index contributed by atoms with van der Waals surface area (Å²) in [4.78, 5) is 0. The molecule has 0 heterocycles. The predicted octanol–water partition coefficient (Wildman–Crippen LogP) is 3.88. The fourth-order valence-electron chi connectivity index (χ4n) is 3.08. The molecule has 0 aromatic heterocycles. The van der Waals surface area contributed by atoms with Crippen molar-refractivity contribution in [1.29, 1.82) is 0 Å². The van der Waals surface area contributed by atoms with Gasteiger partial charge in [0.1, 0.15) is 5.75 Å². The lowest BCUT2D eigenvalue weighted by atomic mass is 9.97. The van der Waals surface area contributed by atoms with E-state index >= 15 is 0 Å². The van der Waals surface area contributed by atoms with Crippen molar-refractivity contribution < 1.29 is 5.11 Å². The zero-order chi connectivity index (χ0) is 13.3.